The molecular formula is C24H22F6N2O6S2. The molecule has 218 valence electrons. The molecule has 1 heterocycles. The highest BCUT2D eigenvalue weighted by Crippen LogP contribution is 2.41. The molecule has 0 bridgehead atoms. The summed E-state index contributed by atoms with van der Waals surface area (Å²) in [6.07, 6.45) is -5.41. The van der Waals surface area contributed by atoms with Crippen LogP contribution in [0.25, 0.3) is 0 Å². The second kappa shape index (κ2) is 10.6. The van der Waals surface area contributed by atoms with Gasteiger partial charge in [-0.15, -0.1) is 0 Å². The van der Waals surface area contributed by atoms with Gasteiger partial charge in [0, 0.05) is 37.5 Å². The lowest BCUT2D eigenvalue weighted by atomic mass is 9.84. The summed E-state index contributed by atoms with van der Waals surface area (Å²) in [4.78, 5) is -1.25. The summed E-state index contributed by atoms with van der Waals surface area (Å²) in [7, 11) is -13.1. The SMILES string of the molecule is [2H]C([2H])([2H])O[C@@]1(C(F)F)CCc2c(S(=O)(=O)Nc3cc(F)c(OC([2H])(F)F)cc3F)cn(S(=O)(=O)c3ccc(C)cc3)c2C1. The quantitative estimate of drug-likeness (QED) is 0.345. The van der Waals surface area contributed by atoms with Crippen LogP contribution in [0, 0.1) is 18.6 Å². The van der Waals surface area contributed by atoms with Gasteiger partial charge >= 0.3 is 6.59 Å². The van der Waals surface area contributed by atoms with E-state index in [1.54, 1.807) is 11.6 Å². The Hall–Kier alpha value is -3.24. The van der Waals surface area contributed by atoms with Crippen molar-refractivity contribution < 1.29 is 58.1 Å². The summed E-state index contributed by atoms with van der Waals surface area (Å²) in [5.74, 6) is -4.74. The minimum absolute atomic E-state index is 0.0429. The molecule has 1 aliphatic rings. The lowest BCUT2D eigenvalue weighted by molar-refractivity contribution is -0.128. The number of methoxy groups -OCH3 is 1. The van der Waals surface area contributed by atoms with Gasteiger partial charge in [0.2, 0.25) is 0 Å². The van der Waals surface area contributed by atoms with Crippen LogP contribution in [-0.4, -0.2) is 46.5 Å². The van der Waals surface area contributed by atoms with Crippen molar-refractivity contribution in [3.63, 3.8) is 0 Å². The molecule has 2 aromatic carbocycles. The number of nitrogens with zero attached hydrogens (tertiary/aromatic N) is 1. The molecule has 0 aliphatic heterocycles. The maximum atomic E-state index is 14.7. The van der Waals surface area contributed by atoms with Gasteiger partial charge in [-0.25, -0.2) is 38.4 Å². The number of anilines is 1. The van der Waals surface area contributed by atoms with E-state index in [1.807, 2.05) is 0 Å². The molecule has 1 aromatic heterocycles. The van der Waals surface area contributed by atoms with Gasteiger partial charge in [-0.05, 0) is 37.5 Å². The number of aromatic nitrogens is 1. The molecule has 3 aromatic rings. The van der Waals surface area contributed by atoms with Gasteiger partial charge in [0.25, 0.3) is 26.5 Å². The number of halogens is 6. The lowest BCUT2D eigenvalue weighted by Crippen LogP contribution is -2.45. The zero-order chi connectivity index (χ0) is 33.0. The average Bonchev–Trinajstić information content (AvgIpc) is 3.25. The van der Waals surface area contributed by atoms with Crippen molar-refractivity contribution in [3.05, 3.63) is 71.1 Å². The summed E-state index contributed by atoms with van der Waals surface area (Å²) in [5, 5.41) is 0. The zero-order valence-electron chi connectivity index (χ0n) is 24.2. The predicted octanol–water partition coefficient (Wildman–Crippen LogP) is 4.85. The Morgan fingerprint density at radius 2 is 1.75 bits per heavy atom. The van der Waals surface area contributed by atoms with Crippen LogP contribution in [0.2, 0.25) is 0 Å². The molecule has 1 aliphatic carbocycles. The van der Waals surface area contributed by atoms with Crippen LogP contribution >= 0.6 is 0 Å². The number of fused-ring (bicyclic) bond motifs is 1. The first-order valence-electron chi connectivity index (χ1n) is 13.2. The van der Waals surface area contributed by atoms with Crippen LogP contribution < -0.4 is 9.46 Å². The van der Waals surface area contributed by atoms with Gasteiger partial charge in [0.1, 0.15) is 10.5 Å². The normalized spacial score (nSPS) is 19.8. The van der Waals surface area contributed by atoms with Crippen molar-refractivity contribution in [1.29, 1.82) is 0 Å². The van der Waals surface area contributed by atoms with Crippen LogP contribution in [0.3, 0.4) is 0 Å². The van der Waals surface area contributed by atoms with Gasteiger partial charge in [-0.1, -0.05) is 17.7 Å². The standard InChI is InChI=1S/C24H22F6N2O6S2/c1-13-3-5-14(6-4-13)40(35,36)32-12-21(15-7-8-24(37-2,22(27)28)11-19(15)32)39(33,34)31-18-9-17(26)20(10-16(18)25)38-23(29)30/h3-6,9-10,12,22-23,31H,7-8,11H2,1-2H3/t24-/m0/s1/i2D3,23D. The fourth-order valence-electron chi connectivity index (χ4n) is 4.25. The number of alkyl halides is 4. The van der Waals surface area contributed by atoms with Crippen LogP contribution in [0.5, 0.6) is 5.75 Å². The monoisotopic (exact) mass is 616 g/mol. The van der Waals surface area contributed by atoms with E-state index in [-0.39, 0.29) is 17.7 Å². The average molecular weight is 617 g/mol. The molecule has 0 radical (unpaired) electrons. The fourth-order valence-corrected chi connectivity index (χ4v) is 7.08. The highest BCUT2D eigenvalue weighted by atomic mass is 32.2. The Balaban J connectivity index is 1.87. The lowest BCUT2D eigenvalue weighted by Gasteiger charge is -2.35. The van der Waals surface area contributed by atoms with Crippen molar-refractivity contribution >= 4 is 25.7 Å². The number of nitrogens with one attached hydrogen (secondary N) is 1. The van der Waals surface area contributed by atoms with E-state index in [1.165, 1.54) is 12.1 Å². The predicted molar refractivity (Wildman–Crippen MR) is 130 cm³/mol. The first-order valence-corrected chi connectivity index (χ1v) is 14.1. The third kappa shape index (κ3) is 5.39. The third-order valence-electron chi connectivity index (χ3n) is 6.33. The second-order valence-corrected chi connectivity index (χ2v) is 12.3. The largest absolute Gasteiger partial charge is 0.432 e. The molecular weight excluding hydrogens is 590 g/mol. The van der Waals surface area contributed by atoms with E-state index >= 15 is 0 Å². The van der Waals surface area contributed by atoms with E-state index in [2.05, 4.69) is 4.74 Å². The number of aryl methyl sites for hydroxylation is 1. The minimum Gasteiger partial charge on any atom is -0.432 e. The zero-order valence-corrected chi connectivity index (χ0v) is 21.9. The van der Waals surface area contributed by atoms with Crippen molar-refractivity contribution in [3.8, 4) is 5.75 Å². The highest BCUT2D eigenvalue weighted by molar-refractivity contribution is 7.93. The maximum Gasteiger partial charge on any atom is 0.387 e. The van der Waals surface area contributed by atoms with Crippen LogP contribution in [0.1, 0.15) is 28.7 Å². The van der Waals surface area contributed by atoms with Crippen molar-refractivity contribution in [2.75, 3.05) is 11.8 Å². The van der Waals surface area contributed by atoms with E-state index in [4.69, 9.17) is 10.2 Å². The number of hydrogen-bond acceptors (Lipinski definition) is 6. The summed E-state index contributed by atoms with van der Waals surface area (Å²) >= 11 is 0. The summed E-state index contributed by atoms with van der Waals surface area (Å²) in [6.45, 7) is -3.01. The number of ether oxygens (including phenoxy) is 2. The van der Waals surface area contributed by atoms with Gasteiger partial charge in [0.05, 0.1) is 14.7 Å². The molecule has 0 spiro atoms. The van der Waals surface area contributed by atoms with Gasteiger partial charge in [-0.2, -0.15) is 8.78 Å². The molecule has 0 saturated carbocycles. The van der Waals surface area contributed by atoms with Crippen molar-refractivity contribution in [1.82, 2.24) is 3.97 Å². The van der Waals surface area contributed by atoms with Gasteiger partial charge in [0.15, 0.2) is 18.8 Å². The maximum absolute atomic E-state index is 14.7. The minimum atomic E-state index is -5.07. The van der Waals surface area contributed by atoms with E-state index in [0.717, 1.165) is 12.1 Å². The topological polar surface area (TPSA) is 104 Å². The van der Waals surface area contributed by atoms with Crippen LogP contribution in [-0.2, 0) is 37.6 Å². The van der Waals surface area contributed by atoms with Gasteiger partial charge < -0.3 is 9.47 Å². The molecule has 0 saturated heterocycles. The van der Waals surface area contributed by atoms with Crippen LogP contribution in [0.4, 0.5) is 32.0 Å². The Bertz CT molecular complexity index is 1800. The molecule has 0 unspecified atom stereocenters. The first kappa shape index (κ1) is 24.5. The van der Waals surface area contributed by atoms with Crippen molar-refractivity contribution in [2.45, 2.75) is 54.6 Å². The Morgan fingerprint density at radius 3 is 2.35 bits per heavy atom. The molecule has 4 rings (SSSR count). The van der Waals surface area contributed by atoms with E-state index in [9.17, 15) is 43.2 Å². The number of benzene rings is 2. The van der Waals surface area contributed by atoms with E-state index < -0.39 is 104 Å². The Labute approximate surface area is 231 Å². The number of hydrogen-bond donors (Lipinski definition) is 1. The van der Waals surface area contributed by atoms with Crippen molar-refractivity contribution in [2.24, 2.45) is 0 Å². The second-order valence-electron chi connectivity index (χ2n) is 8.87. The summed E-state index contributed by atoms with van der Waals surface area (Å²) in [6, 6.07) is 5.31. The first-order chi connectivity index (χ1) is 20.0. The van der Waals surface area contributed by atoms with Crippen LogP contribution in [0.15, 0.2) is 52.4 Å². The summed E-state index contributed by atoms with van der Waals surface area (Å²) in [5.41, 5.74) is -4.15. The smallest absolute Gasteiger partial charge is 0.387 e. The Morgan fingerprint density at radius 1 is 1.07 bits per heavy atom. The summed E-state index contributed by atoms with van der Waals surface area (Å²) < 4.78 is 176. The highest BCUT2D eigenvalue weighted by Gasteiger charge is 2.47. The number of sulfonamides is 1. The molecule has 0 amide bonds. The fraction of sp³-hybridized carbons (Fsp3) is 0.333. The molecule has 1 N–H and O–H groups in total. The number of rotatable bonds is 9. The molecule has 1 atom stereocenters. The molecule has 0 fully saturated rings. The van der Waals surface area contributed by atoms with E-state index in [0.29, 0.717) is 15.7 Å². The molecule has 40 heavy (non-hydrogen) atoms. The molecule has 8 nitrogen and oxygen atoms in total. The Kier molecular flexibility index (Phi) is 6.52. The molecule has 16 heteroatoms. The third-order valence-corrected chi connectivity index (χ3v) is 9.46. The van der Waals surface area contributed by atoms with Gasteiger partial charge in [-0.3, -0.25) is 4.72 Å².